The van der Waals surface area contributed by atoms with E-state index in [4.69, 9.17) is 0 Å². The van der Waals surface area contributed by atoms with Crippen LogP contribution in [-0.4, -0.2) is 24.0 Å². The molecule has 1 aromatic heterocycles. The van der Waals surface area contributed by atoms with Gasteiger partial charge in [0, 0.05) is 35.4 Å². The van der Waals surface area contributed by atoms with Crippen LogP contribution in [0.4, 0.5) is 0 Å². The monoisotopic (exact) mass is 294 g/mol. The van der Waals surface area contributed by atoms with Gasteiger partial charge in [-0.1, -0.05) is 33.6 Å². The van der Waals surface area contributed by atoms with E-state index < -0.39 is 0 Å². The lowest BCUT2D eigenvalue weighted by Gasteiger charge is -2.30. The summed E-state index contributed by atoms with van der Waals surface area (Å²) in [5, 5.41) is 3.42. The standard InChI is InChI=1S/C17H30N2S/c1-4-18-11-16-9-10-17(20-16)13-19(12-14(2)3)15-7-5-6-8-15/h9-10,14-15,18H,4-8,11-13H2,1-3H3. The van der Waals surface area contributed by atoms with Crippen molar-refractivity contribution in [3.63, 3.8) is 0 Å². The van der Waals surface area contributed by atoms with Crippen molar-refractivity contribution in [3.05, 3.63) is 21.9 Å². The Hall–Kier alpha value is -0.380. The summed E-state index contributed by atoms with van der Waals surface area (Å²) < 4.78 is 0. The lowest BCUT2D eigenvalue weighted by molar-refractivity contribution is 0.170. The summed E-state index contributed by atoms with van der Waals surface area (Å²) in [7, 11) is 0. The van der Waals surface area contributed by atoms with E-state index in [0.717, 1.165) is 31.6 Å². The fourth-order valence-electron chi connectivity index (χ4n) is 3.13. The second-order valence-corrected chi connectivity index (χ2v) is 7.66. The van der Waals surface area contributed by atoms with Gasteiger partial charge in [-0.15, -0.1) is 11.3 Å². The zero-order valence-electron chi connectivity index (χ0n) is 13.3. The third kappa shape index (κ3) is 4.87. The molecule has 20 heavy (non-hydrogen) atoms. The molecule has 1 aliphatic carbocycles. The lowest BCUT2D eigenvalue weighted by atomic mass is 10.1. The Morgan fingerprint density at radius 3 is 2.60 bits per heavy atom. The number of nitrogens with one attached hydrogen (secondary N) is 1. The van der Waals surface area contributed by atoms with Crippen LogP contribution in [0.25, 0.3) is 0 Å². The van der Waals surface area contributed by atoms with Crippen LogP contribution in [0.2, 0.25) is 0 Å². The third-order valence-electron chi connectivity index (χ3n) is 4.07. The second-order valence-electron chi connectivity index (χ2n) is 6.41. The van der Waals surface area contributed by atoms with Crippen LogP contribution >= 0.6 is 11.3 Å². The molecule has 1 N–H and O–H groups in total. The minimum Gasteiger partial charge on any atom is -0.312 e. The number of hydrogen-bond acceptors (Lipinski definition) is 3. The average molecular weight is 295 g/mol. The quantitative estimate of drug-likeness (QED) is 0.770. The molecule has 114 valence electrons. The summed E-state index contributed by atoms with van der Waals surface area (Å²) in [5.41, 5.74) is 0. The first-order chi connectivity index (χ1) is 9.69. The summed E-state index contributed by atoms with van der Waals surface area (Å²) in [6.45, 7) is 11.3. The van der Waals surface area contributed by atoms with Crippen molar-refractivity contribution < 1.29 is 0 Å². The summed E-state index contributed by atoms with van der Waals surface area (Å²) in [4.78, 5) is 5.74. The van der Waals surface area contributed by atoms with Crippen molar-refractivity contribution in [2.75, 3.05) is 13.1 Å². The van der Waals surface area contributed by atoms with Gasteiger partial charge in [0.25, 0.3) is 0 Å². The SMILES string of the molecule is CCNCc1ccc(CN(CC(C)C)C2CCCC2)s1. The normalized spacial score (nSPS) is 16.6. The van der Waals surface area contributed by atoms with Crippen molar-refractivity contribution in [3.8, 4) is 0 Å². The van der Waals surface area contributed by atoms with Gasteiger partial charge in [-0.05, 0) is 37.4 Å². The maximum absolute atomic E-state index is 3.42. The van der Waals surface area contributed by atoms with E-state index in [-0.39, 0.29) is 0 Å². The first-order valence-electron chi connectivity index (χ1n) is 8.21. The van der Waals surface area contributed by atoms with Gasteiger partial charge in [-0.3, -0.25) is 4.90 Å². The molecule has 0 radical (unpaired) electrons. The third-order valence-corrected chi connectivity index (χ3v) is 5.14. The van der Waals surface area contributed by atoms with E-state index in [1.54, 1.807) is 0 Å². The van der Waals surface area contributed by atoms with Crippen LogP contribution in [0, 0.1) is 5.92 Å². The Morgan fingerprint density at radius 1 is 1.25 bits per heavy atom. The van der Waals surface area contributed by atoms with Crippen LogP contribution in [-0.2, 0) is 13.1 Å². The molecule has 0 aromatic carbocycles. The van der Waals surface area contributed by atoms with Gasteiger partial charge >= 0.3 is 0 Å². The molecule has 0 amide bonds. The highest BCUT2D eigenvalue weighted by molar-refractivity contribution is 7.11. The van der Waals surface area contributed by atoms with Gasteiger partial charge in [-0.2, -0.15) is 0 Å². The molecule has 0 saturated heterocycles. The van der Waals surface area contributed by atoms with Gasteiger partial charge in [0.15, 0.2) is 0 Å². The van der Waals surface area contributed by atoms with E-state index in [1.165, 1.54) is 42.0 Å². The molecule has 1 heterocycles. The van der Waals surface area contributed by atoms with E-state index in [2.05, 4.69) is 43.1 Å². The molecular formula is C17H30N2S. The van der Waals surface area contributed by atoms with Crippen LogP contribution < -0.4 is 5.32 Å². The Morgan fingerprint density at radius 2 is 1.95 bits per heavy atom. The topological polar surface area (TPSA) is 15.3 Å². The fourth-order valence-corrected chi connectivity index (χ4v) is 4.15. The minimum absolute atomic E-state index is 0.761. The number of nitrogens with zero attached hydrogens (tertiary/aromatic N) is 1. The molecule has 0 atom stereocenters. The highest BCUT2D eigenvalue weighted by Crippen LogP contribution is 2.27. The predicted octanol–water partition coefficient (Wildman–Crippen LogP) is 4.26. The molecule has 1 aromatic rings. The molecule has 1 fully saturated rings. The van der Waals surface area contributed by atoms with Crippen molar-refractivity contribution in [2.24, 2.45) is 5.92 Å². The molecule has 0 aliphatic heterocycles. The average Bonchev–Trinajstić information content (AvgIpc) is 3.06. The molecule has 0 bridgehead atoms. The number of hydrogen-bond donors (Lipinski definition) is 1. The second kappa shape index (κ2) is 8.16. The van der Waals surface area contributed by atoms with Gasteiger partial charge in [0.05, 0.1) is 0 Å². The van der Waals surface area contributed by atoms with Crippen LogP contribution in [0.3, 0.4) is 0 Å². The Balaban J connectivity index is 1.93. The molecule has 3 heteroatoms. The predicted molar refractivity (Wildman–Crippen MR) is 89.2 cm³/mol. The smallest absolute Gasteiger partial charge is 0.0331 e. The van der Waals surface area contributed by atoms with Crippen LogP contribution in [0.1, 0.15) is 56.2 Å². The van der Waals surface area contributed by atoms with Crippen molar-refractivity contribution in [1.82, 2.24) is 10.2 Å². The maximum atomic E-state index is 3.42. The lowest BCUT2D eigenvalue weighted by Crippen LogP contribution is -2.35. The fraction of sp³-hybridized carbons (Fsp3) is 0.765. The summed E-state index contributed by atoms with van der Waals surface area (Å²) >= 11 is 1.98. The molecule has 1 aliphatic rings. The number of thiophene rings is 1. The van der Waals surface area contributed by atoms with Crippen LogP contribution in [0.5, 0.6) is 0 Å². The molecular weight excluding hydrogens is 264 g/mol. The van der Waals surface area contributed by atoms with E-state index in [0.29, 0.717) is 0 Å². The Kier molecular flexibility index (Phi) is 6.53. The Labute approximate surface area is 128 Å². The summed E-state index contributed by atoms with van der Waals surface area (Å²) in [5.74, 6) is 0.761. The van der Waals surface area contributed by atoms with E-state index in [1.807, 2.05) is 11.3 Å². The van der Waals surface area contributed by atoms with Gasteiger partial charge in [0.1, 0.15) is 0 Å². The number of rotatable bonds is 8. The van der Waals surface area contributed by atoms with Crippen LogP contribution in [0.15, 0.2) is 12.1 Å². The molecule has 0 spiro atoms. The zero-order valence-corrected chi connectivity index (χ0v) is 14.1. The van der Waals surface area contributed by atoms with Crippen molar-refractivity contribution in [1.29, 1.82) is 0 Å². The van der Waals surface area contributed by atoms with Gasteiger partial charge < -0.3 is 5.32 Å². The molecule has 0 unspecified atom stereocenters. The van der Waals surface area contributed by atoms with Crippen molar-refractivity contribution >= 4 is 11.3 Å². The zero-order chi connectivity index (χ0) is 14.4. The van der Waals surface area contributed by atoms with Crippen molar-refractivity contribution in [2.45, 2.75) is 65.6 Å². The maximum Gasteiger partial charge on any atom is 0.0331 e. The largest absolute Gasteiger partial charge is 0.312 e. The molecule has 1 saturated carbocycles. The first-order valence-corrected chi connectivity index (χ1v) is 9.03. The molecule has 2 nitrogen and oxygen atoms in total. The Bertz CT molecular complexity index is 380. The van der Waals surface area contributed by atoms with E-state index >= 15 is 0 Å². The molecule has 2 rings (SSSR count). The van der Waals surface area contributed by atoms with Gasteiger partial charge in [0.2, 0.25) is 0 Å². The first kappa shape index (κ1) is 16.0. The van der Waals surface area contributed by atoms with Gasteiger partial charge in [-0.25, -0.2) is 0 Å². The summed E-state index contributed by atoms with van der Waals surface area (Å²) in [6, 6.07) is 5.46. The summed E-state index contributed by atoms with van der Waals surface area (Å²) in [6.07, 6.45) is 5.66. The van der Waals surface area contributed by atoms with E-state index in [9.17, 15) is 0 Å². The highest BCUT2D eigenvalue weighted by Gasteiger charge is 2.23. The minimum atomic E-state index is 0.761. The highest BCUT2D eigenvalue weighted by atomic mass is 32.1.